The number of carbonyl (C=O) groups is 1. The van der Waals surface area contributed by atoms with E-state index in [-0.39, 0.29) is 0 Å². The fraction of sp³-hybridized carbons (Fsp3) is 0.611. The van der Waals surface area contributed by atoms with Crippen molar-refractivity contribution in [2.45, 2.75) is 58.3 Å². The van der Waals surface area contributed by atoms with Crippen LogP contribution >= 0.6 is 0 Å². The van der Waals surface area contributed by atoms with Gasteiger partial charge in [-0.2, -0.15) is 0 Å². The largest absolute Gasteiger partial charge is 0.478 e. The Bertz CT molecular complexity index is 384. The molecular formula is C18H28O3. The molecule has 0 aliphatic rings. The zero-order valence-electron chi connectivity index (χ0n) is 13.1. The number of aryl methyl sites for hydroxylation is 1. The molecule has 0 radical (unpaired) electrons. The molecule has 0 fully saturated rings. The first-order chi connectivity index (χ1) is 10.2. The van der Waals surface area contributed by atoms with Crippen molar-refractivity contribution in [1.82, 2.24) is 0 Å². The first-order valence-electron chi connectivity index (χ1n) is 8.14. The third-order valence-corrected chi connectivity index (χ3v) is 3.60. The predicted octanol–water partition coefficient (Wildman–Crippen LogP) is 4.69. The van der Waals surface area contributed by atoms with Crippen molar-refractivity contribution in [3.63, 3.8) is 0 Å². The molecule has 0 saturated carbocycles. The number of carboxylic acids is 1. The number of carboxylic acid groups (broad SMARTS) is 1. The van der Waals surface area contributed by atoms with E-state index in [4.69, 9.17) is 9.84 Å². The molecule has 0 saturated heterocycles. The van der Waals surface area contributed by atoms with Gasteiger partial charge in [-0.05, 0) is 43.4 Å². The normalized spacial score (nSPS) is 10.7. The molecule has 1 rings (SSSR count). The summed E-state index contributed by atoms with van der Waals surface area (Å²) in [6, 6.07) is 7.21. The summed E-state index contributed by atoms with van der Waals surface area (Å²) in [7, 11) is 0. The van der Waals surface area contributed by atoms with E-state index < -0.39 is 5.97 Å². The smallest absolute Gasteiger partial charge is 0.335 e. The van der Waals surface area contributed by atoms with Crippen molar-refractivity contribution in [3.8, 4) is 0 Å². The van der Waals surface area contributed by atoms with E-state index in [0.29, 0.717) is 5.56 Å². The van der Waals surface area contributed by atoms with Crippen molar-refractivity contribution in [3.05, 3.63) is 35.4 Å². The van der Waals surface area contributed by atoms with Crippen LogP contribution in [-0.2, 0) is 11.2 Å². The van der Waals surface area contributed by atoms with Gasteiger partial charge >= 0.3 is 5.97 Å². The summed E-state index contributed by atoms with van der Waals surface area (Å²) >= 11 is 0. The van der Waals surface area contributed by atoms with Crippen LogP contribution in [0.1, 0.15) is 67.8 Å². The molecule has 0 heterocycles. The molecule has 0 aromatic heterocycles. The summed E-state index contributed by atoms with van der Waals surface area (Å²) in [5.41, 5.74) is 1.59. The highest BCUT2D eigenvalue weighted by Crippen LogP contribution is 2.10. The molecule has 1 aromatic rings. The second kappa shape index (κ2) is 11.3. The van der Waals surface area contributed by atoms with Gasteiger partial charge in [-0.25, -0.2) is 4.79 Å². The lowest BCUT2D eigenvalue weighted by molar-refractivity contribution is 0.0697. The second-order valence-corrected chi connectivity index (χ2v) is 5.49. The molecule has 1 aromatic carbocycles. The third kappa shape index (κ3) is 8.51. The minimum atomic E-state index is -0.859. The van der Waals surface area contributed by atoms with Crippen molar-refractivity contribution < 1.29 is 14.6 Å². The molecule has 118 valence electrons. The van der Waals surface area contributed by atoms with Gasteiger partial charge in [0.05, 0.1) is 5.56 Å². The lowest BCUT2D eigenvalue weighted by Crippen LogP contribution is -1.97. The highest BCUT2D eigenvalue weighted by molar-refractivity contribution is 5.87. The highest BCUT2D eigenvalue weighted by Gasteiger charge is 2.01. The summed E-state index contributed by atoms with van der Waals surface area (Å²) in [5.74, 6) is -0.859. The minimum Gasteiger partial charge on any atom is -0.478 e. The molecule has 0 bridgehead atoms. The fourth-order valence-corrected chi connectivity index (χ4v) is 2.23. The lowest BCUT2D eigenvalue weighted by atomic mass is 10.0. The van der Waals surface area contributed by atoms with E-state index in [1.807, 2.05) is 12.1 Å². The van der Waals surface area contributed by atoms with Crippen LogP contribution in [0.5, 0.6) is 0 Å². The summed E-state index contributed by atoms with van der Waals surface area (Å²) in [5, 5.41) is 8.83. The zero-order chi connectivity index (χ0) is 15.3. The number of hydrogen-bond acceptors (Lipinski definition) is 2. The molecule has 0 amide bonds. The Balaban J connectivity index is 1.98. The van der Waals surface area contributed by atoms with Crippen molar-refractivity contribution >= 4 is 5.97 Å². The molecule has 0 atom stereocenters. The minimum absolute atomic E-state index is 0.363. The Labute approximate surface area is 128 Å². The third-order valence-electron chi connectivity index (χ3n) is 3.60. The molecule has 0 aliphatic heterocycles. The molecule has 3 nitrogen and oxygen atoms in total. The van der Waals surface area contributed by atoms with Crippen molar-refractivity contribution in [1.29, 1.82) is 0 Å². The average Bonchev–Trinajstić information content (AvgIpc) is 2.49. The zero-order valence-corrected chi connectivity index (χ0v) is 13.1. The molecule has 0 spiro atoms. The highest BCUT2D eigenvalue weighted by atomic mass is 16.5. The Morgan fingerprint density at radius 2 is 1.57 bits per heavy atom. The summed E-state index contributed by atoms with van der Waals surface area (Å²) in [6.07, 6.45) is 9.46. The van der Waals surface area contributed by atoms with Gasteiger partial charge in [-0.15, -0.1) is 0 Å². The van der Waals surface area contributed by atoms with Gasteiger partial charge in [0.25, 0.3) is 0 Å². The standard InChI is InChI=1S/C18H28O3/c1-2-3-14-21-15-8-6-4-5-7-9-16-10-12-17(13-11-16)18(19)20/h10-13H,2-9,14-15H2,1H3,(H,19,20). The average molecular weight is 292 g/mol. The Kier molecular flexibility index (Phi) is 9.55. The van der Waals surface area contributed by atoms with Crippen LogP contribution in [0.4, 0.5) is 0 Å². The van der Waals surface area contributed by atoms with Gasteiger partial charge in [0.15, 0.2) is 0 Å². The number of benzene rings is 1. The maximum atomic E-state index is 10.7. The van der Waals surface area contributed by atoms with E-state index in [1.165, 1.54) is 44.1 Å². The van der Waals surface area contributed by atoms with Crippen LogP contribution in [0.25, 0.3) is 0 Å². The summed E-state index contributed by atoms with van der Waals surface area (Å²) in [6.45, 7) is 3.98. The molecule has 21 heavy (non-hydrogen) atoms. The number of hydrogen-bond donors (Lipinski definition) is 1. The quantitative estimate of drug-likeness (QED) is 0.568. The fourth-order valence-electron chi connectivity index (χ4n) is 2.23. The van der Waals surface area contributed by atoms with E-state index in [0.717, 1.165) is 26.1 Å². The molecule has 0 unspecified atom stereocenters. The van der Waals surface area contributed by atoms with Crippen LogP contribution in [0.2, 0.25) is 0 Å². The monoisotopic (exact) mass is 292 g/mol. The maximum absolute atomic E-state index is 10.7. The number of ether oxygens (including phenoxy) is 1. The van der Waals surface area contributed by atoms with Gasteiger partial charge in [0.2, 0.25) is 0 Å². The molecule has 0 aliphatic carbocycles. The van der Waals surface area contributed by atoms with Crippen molar-refractivity contribution in [2.24, 2.45) is 0 Å². The van der Waals surface area contributed by atoms with Crippen LogP contribution in [0, 0.1) is 0 Å². The van der Waals surface area contributed by atoms with Crippen molar-refractivity contribution in [2.75, 3.05) is 13.2 Å². The van der Waals surface area contributed by atoms with E-state index >= 15 is 0 Å². The molecule has 1 N–H and O–H groups in total. The predicted molar refractivity (Wildman–Crippen MR) is 85.9 cm³/mol. The first kappa shape index (κ1) is 17.7. The lowest BCUT2D eigenvalue weighted by Gasteiger charge is -2.04. The second-order valence-electron chi connectivity index (χ2n) is 5.49. The van der Waals surface area contributed by atoms with Crippen LogP contribution in [0.3, 0.4) is 0 Å². The number of rotatable bonds is 12. The number of aromatic carboxylic acids is 1. The molecule has 3 heteroatoms. The van der Waals surface area contributed by atoms with Gasteiger partial charge in [-0.3, -0.25) is 0 Å². The van der Waals surface area contributed by atoms with E-state index in [1.54, 1.807) is 12.1 Å². The SMILES string of the molecule is CCCCOCCCCCCCc1ccc(C(=O)O)cc1. The van der Waals surface area contributed by atoms with Gasteiger partial charge in [0.1, 0.15) is 0 Å². The molecular weight excluding hydrogens is 264 g/mol. The Hall–Kier alpha value is -1.35. The van der Waals surface area contributed by atoms with Gasteiger partial charge < -0.3 is 9.84 Å². The van der Waals surface area contributed by atoms with Crippen LogP contribution < -0.4 is 0 Å². The van der Waals surface area contributed by atoms with E-state index in [2.05, 4.69) is 6.92 Å². The Morgan fingerprint density at radius 1 is 0.952 bits per heavy atom. The summed E-state index contributed by atoms with van der Waals surface area (Å²) < 4.78 is 5.53. The first-order valence-corrected chi connectivity index (χ1v) is 8.14. The van der Waals surface area contributed by atoms with Crippen LogP contribution in [-0.4, -0.2) is 24.3 Å². The van der Waals surface area contributed by atoms with E-state index in [9.17, 15) is 4.79 Å². The number of unbranched alkanes of at least 4 members (excludes halogenated alkanes) is 5. The maximum Gasteiger partial charge on any atom is 0.335 e. The Morgan fingerprint density at radius 3 is 2.24 bits per heavy atom. The summed E-state index contributed by atoms with van der Waals surface area (Å²) in [4.78, 5) is 10.7. The topological polar surface area (TPSA) is 46.5 Å². The van der Waals surface area contributed by atoms with Gasteiger partial charge in [-0.1, -0.05) is 44.7 Å². The van der Waals surface area contributed by atoms with Crippen LogP contribution in [0.15, 0.2) is 24.3 Å². The van der Waals surface area contributed by atoms with Gasteiger partial charge in [0, 0.05) is 13.2 Å².